The van der Waals surface area contributed by atoms with Crippen LogP contribution in [0.3, 0.4) is 0 Å². The van der Waals surface area contributed by atoms with Crippen molar-refractivity contribution in [2.24, 2.45) is 0 Å². The zero-order valence-corrected chi connectivity index (χ0v) is 32.7. The van der Waals surface area contributed by atoms with Gasteiger partial charge in [0.1, 0.15) is 0 Å². The van der Waals surface area contributed by atoms with Crippen molar-refractivity contribution in [2.45, 2.75) is 0 Å². The Morgan fingerprint density at radius 2 is 0.417 bits per heavy atom. The first kappa shape index (κ1) is 36.3. The standard InChI is InChI=1S/C56H38N4/c1-5-15-39(16-6-1)41-27-31-44(32-28-41)52-38-54(60-56(58-52)46-33-29-42(30-34-46)40-17-7-2-8-18-40)50-26-14-24-48(36-50)47-23-13-25-49(35-47)53-37-51(43-19-9-3-10-20-43)57-55(59-53)45-21-11-4-12-22-45/h1-38H. The van der Waals surface area contributed by atoms with Crippen molar-refractivity contribution >= 4 is 0 Å². The Balaban J connectivity index is 1.04. The highest BCUT2D eigenvalue weighted by Crippen LogP contribution is 2.34. The second-order valence-electron chi connectivity index (χ2n) is 14.7. The predicted octanol–water partition coefficient (Wildman–Crippen LogP) is 14.3. The third kappa shape index (κ3) is 7.78. The molecule has 0 bridgehead atoms. The molecule has 10 aromatic rings. The second-order valence-corrected chi connectivity index (χ2v) is 14.7. The van der Waals surface area contributed by atoms with Crippen molar-refractivity contribution in [3.63, 3.8) is 0 Å². The zero-order valence-electron chi connectivity index (χ0n) is 32.7. The molecule has 0 atom stereocenters. The lowest BCUT2D eigenvalue weighted by Gasteiger charge is -2.12. The van der Waals surface area contributed by atoms with Gasteiger partial charge in [-0.1, -0.05) is 206 Å². The molecule has 0 saturated heterocycles. The van der Waals surface area contributed by atoms with Crippen molar-refractivity contribution in [2.75, 3.05) is 0 Å². The van der Waals surface area contributed by atoms with E-state index in [1.54, 1.807) is 0 Å². The second kappa shape index (κ2) is 16.4. The number of rotatable bonds is 9. The summed E-state index contributed by atoms with van der Waals surface area (Å²) in [7, 11) is 0. The molecule has 0 radical (unpaired) electrons. The van der Waals surface area contributed by atoms with Crippen molar-refractivity contribution in [3.8, 4) is 101 Å². The van der Waals surface area contributed by atoms with Gasteiger partial charge in [0.15, 0.2) is 11.6 Å². The molecule has 60 heavy (non-hydrogen) atoms. The molecule has 282 valence electrons. The average molecular weight is 767 g/mol. The van der Waals surface area contributed by atoms with Gasteiger partial charge in [0, 0.05) is 33.4 Å². The maximum absolute atomic E-state index is 5.22. The van der Waals surface area contributed by atoms with Crippen molar-refractivity contribution in [1.29, 1.82) is 0 Å². The van der Waals surface area contributed by atoms with Gasteiger partial charge in [-0.3, -0.25) is 0 Å². The van der Waals surface area contributed by atoms with Gasteiger partial charge in [0.25, 0.3) is 0 Å². The van der Waals surface area contributed by atoms with E-state index in [1.165, 1.54) is 11.1 Å². The largest absolute Gasteiger partial charge is 0.228 e. The fourth-order valence-electron chi connectivity index (χ4n) is 7.56. The smallest absolute Gasteiger partial charge is 0.160 e. The van der Waals surface area contributed by atoms with E-state index in [9.17, 15) is 0 Å². The Kier molecular flexibility index (Phi) is 9.92. The molecule has 0 spiro atoms. The summed E-state index contributed by atoms with van der Waals surface area (Å²) in [5.74, 6) is 1.37. The van der Waals surface area contributed by atoms with E-state index in [1.807, 2.05) is 48.5 Å². The summed E-state index contributed by atoms with van der Waals surface area (Å²) in [6.07, 6.45) is 0. The summed E-state index contributed by atoms with van der Waals surface area (Å²) in [4.78, 5) is 20.5. The lowest BCUT2D eigenvalue weighted by Crippen LogP contribution is -1.96. The lowest BCUT2D eigenvalue weighted by molar-refractivity contribution is 1.18. The van der Waals surface area contributed by atoms with Crippen molar-refractivity contribution in [1.82, 2.24) is 19.9 Å². The highest BCUT2D eigenvalue weighted by molar-refractivity contribution is 5.80. The maximum atomic E-state index is 5.22. The van der Waals surface area contributed by atoms with Gasteiger partial charge in [-0.25, -0.2) is 19.9 Å². The third-order valence-electron chi connectivity index (χ3n) is 10.7. The minimum absolute atomic E-state index is 0.675. The highest BCUT2D eigenvalue weighted by Gasteiger charge is 2.15. The Morgan fingerprint density at radius 1 is 0.167 bits per heavy atom. The SMILES string of the molecule is c1ccc(-c2ccc(-c3cc(-c4cccc(-c5cccc(-c6cc(-c7ccccc7)nc(-c7ccccc7)n6)c5)c4)nc(-c4ccc(-c5ccccc5)cc4)n3)cc2)cc1. The first-order valence-corrected chi connectivity index (χ1v) is 20.1. The normalized spacial score (nSPS) is 11.0. The van der Waals surface area contributed by atoms with Gasteiger partial charge in [-0.05, 0) is 57.6 Å². The molecular weight excluding hydrogens is 729 g/mol. The minimum atomic E-state index is 0.675. The first-order chi connectivity index (χ1) is 29.7. The average Bonchev–Trinajstić information content (AvgIpc) is 3.35. The lowest BCUT2D eigenvalue weighted by atomic mass is 9.97. The molecule has 0 aliphatic rings. The molecule has 0 fully saturated rings. The van der Waals surface area contributed by atoms with Crippen LogP contribution in [-0.2, 0) is 0 Å². The molecular formula is C56H38N4. The molecule has 10 rings (SSSR count). The van der Waals surface area contributed by atoms with Gasteiger partial charge in [0.2, 0.25) is 0 Å². The highest BCUT2D eigenvalue weighted by atomic mass is 14.9. The van der Waals surface area contributed by atoms with Crippen LogP contribution in [0.4, 0.5) is 0 Å². The molecule has 0 saturated carbocycles. The van der Waals surface area contributed by atoms with Crippen LogP contribution in [0.2, 0.25) is 0 Å². The molecule has 0 aliphatic carbocycles. The van der Waals surface area contributed by atoms with Crippen LogP contribution in [0.15, 0.2) is 231 Å². The number of hydrogen-bond acceptors (Lipinski definition) is 4. The molecule has 0 N–H and O–H groups in total. The summed E-state index contributed by atoms with van der Waals surface area (Å²) in [6.45, 7) is 0. The summed E-state index contributed by atoms with van der Waals surface area (Å²) in [5, 5.41) is 0. The van der Waals surface area contributed by atoms with Crippen LogP contribution >= 0.6 is 0 Å². The van der Waals surface area contributed by atoms with E-state index >= 15 is 0 Å². The fraction of sp³-hybridized carbons (Fsp3) is 0. The fourth-order valence-corrected chi connectivity index (χ4v) is 7.56. The summed E-state index contributed by atoms with van der Waals surface area (Å²) in [6, 6.07) is 79.9. The minimum Gasteiger partial charge on any atom is -0.228 e. The van der Waals surface area contributed by atoms with Gasteiger partial charge in [0.05, 0.1) is 22.8 Å². The Bertz CT molecular complexity index is 2880. The number of aromatic nitrogens is 4. The van der Waals surface area contributed by atoms with Gasteiger partial charge >= 0.3 is 0 Å². The molecule has 4 heteroatoms. The monoisotopic (exact) mass is 766 g/mol. The third-order valence-corrected chi connectivity index (χ3v) is 10.7. The predicted molar refractivity (Wildman–Crippen MR) is 247 cm³/mol. The molecule has 8 aromatic carbocycles. The maximum Gasteiger partial charge on any atom is 0.160 e. The van der Waals surface area contributed by atoms with Crippen molar-refractivity contribution < 1.29 is 0 Å². The van der Waals surface area contributed by atoms with Crippen LogP contribution in [0, 0.1) is 0 Å². The van der Waals surface area contributed by atoms with Crippen LogP contribution in [0.1, 0.15) is 0 Å². The van der Waals surface area contributed by atoms with E-state index in [0.29, 0.717) is 11.6 Å². The zero-order chi connectivity index (χ0) is 40.1. The van der Waals surface area contributed by atoms with Crippen LogP contribution in [0.5, 0.6) is 0 Å². The van der Waals surface area contributed by atoms with Crippen molar-refractivity contribution in [3.05, 3.63) is 231 Å². The number of benzene rings is 8. The Morgan fingerprint density at radius 3 is 0.833 bits per heavy atom. The van der Waals surface area contributed by atoms with E-state index in [2.05, 4.69) is 182 Å². The molecule has 2 heterocycles. The van der Waals surface area contributed by atoms with Gasteiger partial charge in [-0.2, -0.15) is 0 Å². The molecule has 4 nitrogen and oxygen atoms in total. The van der Waals surface area contributed by atoms with Crippen LogP contribution in [-0.4, -0.2) is 19.9 Å². The van der Waals surface area contributed by atoms with E-state index in [-0.39, 0.29) is 0 Å². The Hall–Kier alpha value is -8.08. The summed E-state index contributed by atoms with van der Waals surface area (Å²) < 4.78 is 0. The molecule has 0 amide bonds. The van der Waals surface area contributed by atoms with Gasteiger partial charge < -0.3 is 0 Å². The topological polar surface area (TPSA) is 51.6 Å². The molecule has 0 aliphatic heterocycles. The van der Waals surface area contributed by atoms with E-state index < -0.39 is 0 Å². The summed E-state index contributed by atoms with van der Waals surface area (Å²) in [5.41, 5.74) is 16.3. The summed E-state index contributed by atoms with van der Waals surface area (Å²) >= 11 is 0. The van der Waals surface area contributed by atoms with E-state index in [4.69, 9.17) is 19.9 Å². The first-order valence-electron chi connectivity index (χ1n) is 20.1. The molecule has 0 unspecified atom stereocenters. The van der Waals surface area contributed by atoms with E-state index in [0.717, 1.165) is 78.4 Å². The Labute approximate surface area is 350 Å². The van der Waals surface area contributed by atoms with Crippen LogP contribution < -0.4 is 0 Å². The molecule has 2 aromatic heterocycles. The number of hydrogen-bond donors (Lipinski definition) is 0. The van der Waals surface area contributed by atoms with Crippen LogP contribution in [0.25, 0.3) is 101 Å². The number of nitrogens with zero attached hydrogens (tertiary/aromatic N) is 4. The van der Waals surface area contributed by atoms with Gasteiger partial charge in [-0.15, -0.1) is 0 Å². The quantitative estimate of drug-likeness (QED) is 0.147.